The zero-order valence-corrected chi connectivity index (χ0v) is 15.7. The molecule has 2 rings (SSSR count). The average molecular weight is 373 g/mol. The molecular weight excluding hydrogens is 346 g/mol. The van der Waals surface area contributed by atoms with Gasteiger partial charge in [-0.15, -0.1) is 0 Å². The number of nitrogens with two attached hydrogens (primary N) is 1. The van der Waals surface area contributed by atoms with Crippen LogP contribution in [0, 0.1) is 5.92 Å². The molecule has 1 aromatic carbocycles. The van der Waals surface area contributed by atoms with Crippen LogP contribution >= 0.6 is 0 Å². The van der Waals surface area contributed by atoms with E-state index >= 15 is 0 Å². The molecule has 1 heterocycles. The normalized spacial score (nSPS) is 17.7. The summed E-state index contributed by atoms with van der Waals surface area (Å²) < 4.78 is 0. The summed E-state index contributed by atoms with van der Waals surface area (Å²) in [5.74, 6) is -1.68. The van der Waals surface area contributed by atoms with Crippen molar-refractivity contribution in [2.45, 2.75) is 38.8 Å². The van der Waals surface area contributed by atoms with Crippen molar-refractivity contribution < 1.29 is 19.5 Å². The lowest BCUT2D eigenvalue weighted by atomic mass is 9.98. The first-order valence-corrected chi connectivity index (χ1v) is 9.12. The van der Waals surface area contributed by atoms with E-state index in [1.165, 1.54) is 11.0 Å². The van der Waals surface area contributed by atoms with E-state index in [1.54, 1.807) is 0 Å². The lowest BCUT2D eigenvalue weighted by Crippen LogP contribution is -2.52. The predicted octanol–water partition coefficient (Wildman–Crippen LogP) is 0.941. The van der Waals surface area contributed by atoms with Crippen LogP contribution in [0.25, 0.3) is 0 Å². The van der Waals surface area contributed by atoms with E-state index in [-0.39, 0.29) is 30.7 Å². The highest BCUT2D eigenvalue weighted by atomic mass is 16.4. The van der Waals surface area contributed by atoms with E-state index in [1.807, 2.05) is 44.2 Å². The molecule has 0 saturated carbocycles. The fourth-order valence-electron chi connectivity index (χ4n) is 3.05. The van der Waals surface area contributed by atoms with Crippen molar-refractivity contribution in [3.8, 4) is 0 Å². The van der Waals surface area contributed by atoms with Gasteiger partial charge in [0.05, 0.1) is 19.1 Å². The van der Waals surface area contributed by atoms with Crippen LogP contribution in [-0.4, -0.2) is 52.8 Å². The maximum atomic E-state index is 12.7. The molecule has 0 aliphatic carbocycles. The molecule has 3 atom stereocenters. The number of hydrogen-bond donors (Lipinski definition) is 3. The minimum Gasteiger partial charge on any atom is -0.480 e. The fourth-order valence-corrected chi connectivity index (χ4v) is 3.05. The predicted molar refractivity (Wildman–Crippen MR) is 102 cm³/mol. The minimum absolute atomic E-state index is 0.0480. The van der Waals surface area contributed by atoms with Crippen LogP contribution in [0.2, 0.25) is 0 Å². The number of benzene rings is 1. The number of carboxylic acids is 1. The molecule has 1 aromatic rings. The Morgan fingerprint density at radius 1 is 1.26 bits per heavy atom. The fraction of sp³-hybridized carbons (Fsp3) is 0.450. The van der Waals surface area contributed by atoms with Gasteiger partial charge in [0, 0.05) is 11.8 Å². The molecule has 4 N–H and O–H groups in total. The molecule has 7 nitrogen and oxygen atoms in total. The molecule has 0 fully saturated rings. The van der Waals surface area contributed by atoms with Crippen molar-refractivity contribution >= 4 is 17.7 Å². The lowest BCUT2D eigenvalue weighted by molar-refractivity contribution is -0.140. The van der Waals surface area contributed by atoms with Crippen molar-refractivity contribution in [2.75, 3.05) is 13.1 Å². The van der Waals surface area contributed by atoms with Crippen LogP contribution in [0.3, 0.4) is 0 Å². The molecule has 7 heteroatoms. The van der Waals surface area contributed by atoms with Crippen molar-refractivity contribution in [1.82, 2.24) is 10.2 Å². The van der Waals surface area contributed by atoms with E-state index in [2.05, 4.69) is 5.32 Å². The standard InChI is InChI=1S/C20H27N3O4/c1-3-13(2)18(20(26)27)22-15-10-16(24)12-23(11-15)19(25)17(21)9-14-7-5-4-6-8-14/h4-8,10,13,17-18,22H,3,9,11-12,21H2,1-2H3,(H,26,27). The van der Waals surface area contributed by atoms with Crippen LogP contribution in [-0.2, 0) is 20.8 Å². The molecule has 1 amide bonds. The number of nitrogens with zero attached hydrogens (tertiary/aromatic N) is 1. The van der Waals surface area contributed by atoms with Gasteiger partial charge in [0.2, 0.25) is 5.91 Å². The van der Waals surface area contributed by atoms with E-state index < -0.39 is 18.1 Å². The van der Waals surface area contributed by atoms with Crippen molar-refractivity contribution in [1.29, 1.82) is 0 Å². The Morgan fingerprint density at radius 2 is 1.93 bits per heavy atom. The number of amides is 1. The van der Waals surface area contributed by atoms with Gasteiger partial charge in [-0.05, 0) is 17.9 Å². The first-order chi connectivity index (χ1) is 12.8. The Labute approximate surface area is 159 Å². The number of ketones is 1. The van der Waals surface area contributed by atoms with Crippen LogP contribution in [0.5, 0.6) is 0 Å². The number of aliphatic carboxylic acids is 1. The van der Waals surface area contributed by atoms with Crippen LogP contribution in [0.1, 0.15) is 25.8 Å². The summed E-state index contributed by atoms with van der Waals surface area (Å²) in [5, 5.41) is 12.3. The summed E-state index contributed by atoms with van der Waals surface area (Å²) >= 11 is 0. The van der Waals surface area contributed by atoms with Gasteiger partial charge in [0.25, 0.3) is 0 Å². The quantitative estimate of drug-likeness (QED) is 0.625. The monoisotopic (exact) mass is 373 g/mol. The molecule has 0 bridgehead atoms. The highest BCUT2D eigenvalue weighted by Crippen LogP contribution is 2.14. The third-order valence-electron chi connectivity index (χ3n) is 4.79. The first kappa shape index (κ1) is 20.6. The van der Waals surface area contributed by atoms with Gasteiger partial charge in [-0.1, -0.05) is 50.6 Å². The van der Waals surface area contributed by atoms with Crippen LogP contribution < -0.4 is 11.1 Å². The Balaban J connectivity index is 2.05. The second-order valence-corrected chi connectivity index (χ2v) is 6.97. The Hall–Kier alpha value is -2.67. The lowest BCUT2D eigenvalue weighted by Gasteiger charge is -2.31. The van der Waals surface area contributed by atoms with E-state index in [0.29, 0.717) is 18.5 Å². The van der Waals surface area contributed by atoms with Gasteiger partial charge >= 0.3 is 5.97 Å². The SMILES string of the molecule is CCC(C)C(NC1=CC(=O)CN(C(=O)C(N)Cc2ccccc2)C1)C(=O)O. The average Bonchev–Trinajstić information content (AvgIpc) is 2.65. The highest BCUT2D eigenvalue weighted by Gasteiger charge is 2.30. The van der Waals surface area contributed by atoms with E-state index in [0.717, 1.165) is 5.56 Å². The number of rotatable bonds is 8. The van der Waals surface area contributed by atoms with Crippen molar-refractivity contribution in [2.24, 2.45) is 11.7 Å². The highest BCUT2D eigenvalue weighted by molar-refractivity contribution is 5.97. The molecule has 3 unspecified atom stereocenters. The molecule has 27 heavy (non-hydrogen) atoms. The number of hydrogen-bond acceptors (Lipinski definition) is 5. The summed E-state index contributed by atoms with van der Waals surface area (Å²) in [6, 6.07) is 7.85. The van der Waals surface area contributed by atoms with Gasteiger partial charge in [-0.3, -0.25) is 9.59 Å². The summed E-state index contributed by atoms with van der Waals surface area (Å²) in [6.07, 6.45) is 2.43. The Bertz CT molecular complexity index is 717. The van der Waals surface area contributed by atoms with Crippen molar-refractivity contribution in [3.63, 3.8) is 0 Å². The van der Waals surface area contributed by atoms with E-state index in [9.17, 15) is 19.5 Å². The second-order valence-electron chi connectivity index (χ2n) is 6.97. The second kappa shape index (κ2) is 9.32. The van der Waals surface area contributed by atoms with Gasteiger partial charge in [0.1, 0.15) is 6.04 Å². The summed E-state index contributed by atoms with van der Waals surface area (Å²) in [6.45, 7) is 3.83. The molecular formula is C20H27N3O4. The van der Waals surface area contributed by atoms with Crippen LogP contribution in [0.15, 0.2) is 42.1 Å². The molecule has 146 valence electrons. The molecule has 1 aliphatic rings. The Kier molecular flexibility index (Phi) is 7.12. The third-order valence-corrected chi connectivity index (χ3v) is 4.79. The summed E-state index contributed by atoms with van der Waals surface area (Å²) in [4.78, 5) is 37.6. The summed E-state index contributed by atoms with van der Waals surface area (Å²) in [7, 11) is 0. The molecule has 0 aromatic heterocycles. The maximum absolute atomic E-state index is 12.7. The minimum atomic E-state index is -0.984. The molecule has 0 saturated heterocycles. The molecule has 0 radical (unpaired) electrons. The van der Waals surface area contributed by atoms with Gasteiger partial charge in [-0.2, -0.15) is 0 Å². The number of carbonyl (C=O) groups is 3. The Morgan fingerprint density at radius 3 is 2.52 bits per heavy atom. The zero-order chi connectivity index (χ0) is 20.0. The van der Waals surface area contributed by atoms with Gasteiger partial charge < -0.3 is 21.1 Å². The number of carbonyl (C=O) groups excluding carboxylic acids is 2. The number of carboxylic acid groups (broad SMARTS) is 1. The van der Waals surface area contributed by atoms with Crippen molar-refractivity contribution in [3.05, 3.63) is 47.7 Å². The first-order valence-electron chi connectivity index (χ1n) is 9.12. The van der Waals surface area contributed by atoms with Gasteiger partial charge in [0.15, 0.2) is 5.78 Å². The number of nitrogens with one attached hydrogen (secondary N) is 1. The summed E-state index contributed by atoms with van der Waals surface area (Å²) in [5.41, 5.74) is 7.43. The molecule has 0 spiro atoms. The van der Waals surface area contributed by atoms with E-state index in [4.69, 9.17) is 5.73 Å². The maximum Gasteiger partial charge on any atom is 0.326 e. The van der Waals surface area contributed by atoms with Crippen LogP contribution in [0.4, 0.5) is 0 Å². The van der Waals surface area contributed by atoms with Gasteiger partial charge in [-0.25, -0.2) is 4.79 Å². The topological polar surface area (TPSA) is 113 Å². The molecule has 1 aliphatic heterocycles. The smallest absolute Gasteiger partial charge is 0.326 e. The largest absolute Gasteiger partial charge is 0.480 e. The third kappa shape index (κ3) is 5.65. The zero-order valence-electron chi connectivity index (χ0n) is 15.7.